The lowest BCUT2D eigenvalue weighted by molar-refractivity contribution is -0.156. The molecule has 1 aliphatic heterocycles. The van der Waals surface area contributed by atoms with Crippen molar-refractivity contribution in [2.45, 2.75) is 122 Å². The van der Waals surface area contributed by atoms with E-state index in [1.54, 1.807) is 65.0 Å². The minimum Gasteiger partial charge on any atom is -0.487 e. The van der Waals surface area contributed by atoms with Crippen molar-refractivity contribution < 1.29 is 47.0 Å². The van der Waals surface area contributed by atoms with Crippen LogP contribution in [0.1, 0.15) is 81.7 Å². The molecule has 0 bridgehead atoms. The fraction of sp³-hybridized carbons (Fsp3) is 0.526. The fourth-order valence-electron chi connectivity index (χ4n) is 6.14. The summed E-state index contributed by atoms with van der Waals surface area (Å²) in [6, 6.07) is 4.59. The van der Waals surface area contributed by atoms with E-state index in [1.807, 2.05) is 20.8 Å². The summed E-state index contributed by atoms with van der Waals surface area (Å²) in [4.78, 5) is 67.5. The molecule has 0 saturated heterocycles. The van der Waals surface area contributed by atoms with Crippen molar-refractivity contribution in [3.63, 3.8) is 0 Å². The van der Waals surface area contributed by atoms with Crippen LogP contribution in [0.3, 0.4) is 0 Å². The number of nitrogens with zero attached hydrogens (tertiary/aromatic N) is 1. The first kappa shape index (κ1) is 45.2. The number of nitrogens with one attached hydrogen (secondary N) is 4. The van der Waals surface area contributed by atoms with Crippen molar-refractivity contribution in [2.24, 2.45) is 16.5 Å². The highest BCUT2D eigenvalue weighted by Gasteiger charge is 2.37. The van der Waals surface area contributed by atoms with Crippen molar-refractivity contribution in [3.05, 3.63) is 58.1 Å². The summed E-state index contributed by atoms with van der Waals surface area (Å²) in [6.07, 6.45) is 0.212. The highest BCUT2D eigenvalue weighted by atomic mass is 32.2. The van der Waals surface area contributed by atoms with Gasteiger partial charge in [0, 0.05) is 24.9 Å². The minimum atomic E-state index is -4.10. The Kier molecular flexibility index (Phi) is 15.0. The third-order valence-electron chi connectivity index (χ3n) is 8.85. The molecule has 0 fully saturated rings. The number of aliphatic imine (C=N–C) groups is 1. The molecule has 0 unspecified atom stereocenters. The first-order chi connectivity index (χ1) is 25.9. The zero-order valence-corrected chi connectivity index (χ0v) is 34.0. The van der Waals surface area contributed by atoms with Crippen molar-refractivity contribution >= 4 is 45.6 Å². The van der Waals surface area contributed by atoms with E-state index in [9.17, 15) is 37.5 Å². The average molecular weight is 802 g/mol. The SMILES string of the molecule is Cc1c(C)c(S(=O)(=O)NC(N)=NCCC[C@H](N)C(=O)NCC(=O)N[C@@H](CC(=O)OC(C)(C)C)C(=O)N[C@@H](Cc2ccccc2)C(=O)O)c(C)c2c1OC(C)(C)C2. The lowest BCUT2D eigenvalue weighted by atomic mass is 9.94. The van der Waals surface area contributed by atoms with Gasteiger partial charge in [-0.2, -0.15) is 0 Å². The molecule has 0 aromatic heterocycles. The predicted octanol–water partition coefficient (Wildman–Crippen LogP) is 1.17. The Morgan fingerprint density at radius 1 is 0.982 bits per heavy atom. The molecular weight excluding hydrogens is 747 g/mol. The van der Waals surface area contributed by atoms with Crippen LogP contribution < -0.4 is 36.9 Å². The maximum atomic E-state index is 13.4. The summed E-state index contributed by atoms with van der Waals surface area (Å²) in [5.74, 6) is -4.29. The Hall–Kier alpha value is -5.23. The molecule has 0 spiro atoms. The second-order valence-electron chi connectivity index (χ2n) is 15.4. The largest absolute Gasteiger partial charge is 0.487 e. The van der Waals surface area contributed by atoms with Crippen molar-refractivity contribution in [3.8, 4) is 5.75 Å². The Labute approximate surface area is 327 Å². The van der Waals surface area contributed by atoms with Gasteiger partial charge in [-0.1, -0.05) is 30.3 Å². The highest BCUT2D eigenvalue weighted by Crippen LogP contribution is 2.43. The first-order valence-electron chi connectivity index (χ1n) is 18.2. The van der Waals surface area contributed by atoms with Gasteiger partial charge in [0.05, 0.1) is 23.9 Å². The summed E-state index contributed by atoms with van der Waals surface area (Å²) < 4.78 is 40.5. The third-order valence-corrected chi connectivity index (χ3v) is 10.5. The zero-order valence-electron chi connectivity index (χ0n) is 33.2. The van der Waals surface area contributed by atoms with E-state index in [0.717, 1.165) is 11.1 Å². The van der Waals surface area contributed by atoms with Gasteiger partial charge in [0.2, 0.25) is 23.7 Å². The van der Waals surface area contributed by atoms with Crippen LogP contribution in [-0.4, -0.2) is 91.6 Å². The number of hydrogen-bond donors (Lipinski definition) is 7. The molecule has 2 aromatic rings. The molecule has 308 valence electrons. The quantitative estimate of drug-likeness (QED) is 0.0514. The maximum absolute atomic E-state index is 13.4. The molecule has 2 aromatic carbocycles. The molecular formula is C38H55N7O10S. The molecule has 3 amide bonds. The van der Waals surface area contributed by atoms with E-state index < -0.39 is 82.0 Å². The maximum Gasteiger partial charge on any atom is 0.326 e. The second kappa shape index (κ2) is 18.6. The number of esters is 1. The fourth-order valence-corrected chi connectivity index (χ4v) is 7.66. The number of nitrogens with two attached hydrogens (primary N) is 2. The van der Waals surface area contributed by atoms with Gasteiger partial charge in [-0.25, -0.2) is 17.9 Å². The van der Waals surface area contributed by atoms with Gasteiger partial charge in [0.1, 0.15) is 29.0 Å². The molecule has 1 aliphatic rings. The van der Waals surface area contributed by atoms with Gasteiger partial charge < -0.3 is 42.0 Å². The van der Waals surface area contributed by atoms with Gasteiger partial charge >= 0.3 is 11.9 Å². The van der Waals surface area contributed by atoms with E-state index in [0.29, 0.717) is 28.9 Å². The molecule has 17 nitrogen and oxygen atoms in total. The number of fused-ring (bicyclic) bond motifs is 1. The van der Waals surface area contributed by atoms with Gasteiger partial charge in [0.15, 0.2) is 0 Å². The number of carbonyl (C=O) groups excluding carboxylic acids is 4. The summed E-state index contributed by atoms with van der Waals surface area (Å²) in [5, 5.41) is 16.8. The summed E-state index contributed by atoms with van der Waals surface area (Å²) in [5.41, 5.74) is 13.9. The zero-order chi connectivity index (χ0) is 42.2. The number of sulfonamides is 1. The predicted molar refractivity (Wildman–Crippen MR) is 208 cm³/mol. The number of carbonyl (C=O) groups is 5. The molecule has 0 saturated carbocycles. The van der Waals surface area contributed by atoms with Crippen LogP contribution in [0.2, 0.25) is 0 Å². The number of hydrogen-bond acceptors (Lipinski definition) is 11. The van der Waals surface area contributed by atoms with E-state index in [1.165, 1.54) is 0 Å². The molecule has 1 heterocycles. The van der Waals surface area contributed by atoms with Crippen LogP contribution in [0.25, 0.3) is 0 Å². The Morgan fingerprint density at radius 2 is 1.62 bits per heavy atom. The monoisotopic (exact) mass is 801 g/mol. The number of guanidine groups is 1. The van der Waals surface area contributed by atoms with Crippen LogP contribution in [0.15, 0.2) is 40.2 Å². The molecule has 56 heavy (non-hydrogen) atoms. The molecule has 0 aliphatic carbocycles. The van der Waals surface area contributed by atoms with E-state index >= 15 is 0 Å². The molecule has 9 N–H and O–H groups in total. The van der Waals surface area contributed by atoms with Crippen LogP contribution in [0.4, 0.5) is 0 Å². The number of amides is 3. The molecule has 0 radical (unpaired) electrons. The summed E-state index contributed by atoms with van der Waals surface area (Å²) in [7, 11) is -4.10. The Balaban J connectivity index is 1.55. The lowest BCUT2D eigenvalue weighted by Crippen LogP contribution is -2.55. The summed E-state index contributed by atoms with van der Waals surface area (Å²) >= 11 is 0. The second-order valence-corrected chi connectivity index (χ2v) is 17.0. The van der Waals surface area contributed by atoms with Crippen molar-refractivity contribution in [2.75, 3.05) is 13.1 Å². The molecule has 3 atom stereocenters. The first-order valence-corrected chi connectivity index (χ1v) is 19.6. The van der Waals surface area contributed by atoms with Crippen LogP contribution in [-0.2, 0) is 51.6 Å². The number of rotatable bonds is 17. The van der Waals surface area contributed by atoms with Crippen molar-refractivity contribution in [1.29, 1.82) is 0 Å². The standard InChI is InChI=1S/C38H55N7O10S/c1-21-22(2)32(23(3)25-19-38(7,8)55-31(21)25)56(52,53)45-36(40)41-16-12-15-26(39)33(48)42-20-29(46)43-27(18-30(47)54-37(4,5)6)34(49)44-28(35(50)51)17-24-13-10-9-11-14-24/h9-11,13-14,26-28H,12,15-20,39H2,1-8H3,(H,42,48)(H,43,46)(H,44,49)(H,50,51)(H3,40,41,45)/t26-,27-,28-/m0/s1. The molecule has 18 heteroatoms. The number of carboxylic acids is 1. The number of aliphatic carboxylic acids is 1. The average Bonchev–Trinajstić information content (AvgIpc) is 3.42. The topological polar surface area (TPSA) is 271 Å². The number of benzene rings is 2. The van der Waals surface area contributed by atoms with E-state index in [-0.39, 0.29) is 36.7 Å². The minimum absolute atomic E-state index is 0.0299. The number of ether oxygens (including phenoxy) is 2. The van der Waals surface area contributed by atoms with Gasteiger partial charge in [-0.15, -0.1) is 0 Å². The van der Waals surface area contributed by atoms with Gasteiger partial charge in [-0.05, 0) is 90.5 Å². The number of carboxylic acid groups (broad SMARTS) is 1. The lowest BCUT2D eigenvalue weighted by Gasteiger charge is -2.24. The summed E-state index contributed by atoms with van der Waals surface area (Å²) in [6.45, 7) is 13.4. The Bertz CT molecular complexity index is 1940. The van der Waals surface area contributed by atoms with Gasteiger partial charge in [-0.3, -0.25) is 24.2 Å². The van der Waals surface area contributed by atoms with E-state index in [2.05, 4.69) is 25.7 Å². The third kappa shape index (κ3) is 12.9. The Morgan fingerprint density at radius 3 is 2.23 bits per heavy atom. The van der Waals surface area contributed by atoms with Gasteiger partial charge in [0.25, 0.3) is 10.0 Å². The normalized spacial score (nSPS) is 15.3. The van der Waals surface area contributed by atoms with Crippen LogP contribution in [0, 0.1) is 20.8 Å². The molecule has 3 rings (SSSR count). The van der Waals surface area contributed by atoms with E-state index in [4.69, 9.17) is 20.9 Å². The van der Waals surface area contributed by atoms with Crippen LogP contribution in [0.5, 0.6) is 5.75 Å². The highest BCUT2D eigenvalue weighted by molar-refractivity contribution is 7.90. The van der Waals surface area contributed by atoms with Crippen molar-refractivity contribution in [1.82, 2.24) is 20.7 Å². The van der Waals surface area contributed by atoms with Crippen LogP contribution >= 0.6 is 0 Å². The smallest absolute Gasteiger partial charge is 0.326 e.